The summed E-state index contributed by atoms with van der Waals surface area (Å²) in [5.41, 5.74) is -0.632. The second-order valence-electron chi connectivity index (χ2n) is 5.78. The summed E-state index contributed by atoms with van der Waals surface area (Å²) in [7, 11) is 0. The van der Waals surface area contributed by atoms with Gasteiger partial charge in [0.2, 0.25) is 0 Å². The van der Waals surface area contributed by atoms with E-state index in [4.69, 9.17) is 12.2 Å². The number of Topliss-reactive ketones (excluding diaryl/α,β-unsaturated/α-hetero) is 1. The maximum atomic E-state index is 14.0. The van der Waals surface area contributed by atoms with Crippen LogP contribution in [0.15, 0.2) is 71.9 Å². The van der Waals surface area contributed by atoms with E-state index in [2.05, 4.69) is 5.32 Å². The van der Waals surface area contributed by atoms with Crippen LogP contribution in [0.3, 0.4) is 0 Å². The van der Waals surface area contributed by atoms with E-state index in [0.29, 0.717) is 5.56 Å². The van der Waals surface area contributed by atoms with E-state index < -0.39 is 23.7 Å². The van der Waals surface area contributed by atoms with Crippen molar-refractivity contribution in [2.45, 2.75) is 19.1 Å². The van der Waals surface area contributed by atoms with E-state index in [1.807, 2.05) is 0 Å². The zero-order chi connectivity index (χ0) is 18.9. The van der Waals surface area contributed by atoms with Crippen LogP contribution >= 0.6 is 12.2 Å². The number of hydrogen-bond acceptors (Lipinski definition) is 2. The van der Waals surface area contributed by atoms with Gasteiger partial charge in [0, 0.05) is 5.69 Å². The lowest BCUT2D eigenvalue weighted by molar-refractivity contribution is -0.116. The highest BCUT2D eigenvalue weighted by Crippen LogP contribution is 2.41. The number of nitrogens with zero attached hydrogens (tertiary/aromatic N) is 1. The van der Waals surface area contributed by atoms with Crippen molar-refractivity contribution in [2.24, 2.45) is 0 Å². The lowest BCUT2D eigenvalue weighted by Crippen LogP contribution is -2.51. The van der Waals surface area contributed by atoms with Crippen molar-refractivity contribution in [3.05, 3.63) is 77.5 Å². The summed E-state index contributed by atoms with van der Waals surface area (Å²) in [6.07, 6.45) is -4.75. The summed E-state index contributed by atoms with van der Waals surface area (Å²) in [6, 6.07) is 15.5. The van der Waals surface area contributed by atoms with Gasteiger partial charge in [0.15, 0.2) is 10.9 Å². The van der Waals surface area contributed by atoms with E-state index in [-0.39, 0.29) is 16.4 Å². The molecule has 0 saturated carbocycles. The molecule has 0 aliphatic carbocycles. The van der Waals surface area contributed by atoms with Gasteiger partial charge in [0.05, 0.1) is 11.6 Å². The minimum absolute atomic E-state index is 0.109. The van der Waals surface area contributed by atoms with Crippen molar-refractivity contribution in [1.82, 2.24) is 5.32 Å². The largest absolute Gasteiger partial charge is 0.432 e. The average molecular weight is 376 g/mol. The normalized spacial score (nSPS) is 17.9. The third kappa shape index (κ3) is 3.35. The standard InChI is InChI=1S/C19H15F3N2OS/c1-12(25)15-16(13-8-4-2-5-9-13)23-18(26)24(17(15)19(20,21)22)14-10-6-3-7-11-14/h2-11,16H,1H3,(H,23,26). The molecule has 1 N–H and O–H groups in total. The van der Waals surface area contributed by atoms with Gasteiger partial charge < -0.3 is 5.32 Å². The molecular formula is C19H15F3N2OS. The summed E-state index contributed by atoms with van der Waals surface area (Å²) in [6.45, 7) is 1.14. The molecule has 1 aliphatic rings. The van der Waals surface area contributed by atoms with Crippen molar-refractivity contribution in [2.75, 3.05) is 4.90 Å². The van der Waals surface area contributed by atoms with Gasteiger partial charge >= 0.3 is 6.18 Å². The third-order valence-electron chi connectivity index (χ3n) is 4.03. The Hall–Kier alpha value is -2.67. The van der Waals surface area contributed by atoms with Crippen LogP contribution < -0.4 is 10.2 Å². The van der Waals surface area contributed by atoms with E-state index in [9.17, 15) is 18.0 Å². The SMILES string of the molecule is CC(=O)C1=C(C(F)(F)F)N(c2ccccc2)C(=S)NC1c1ccccc1. The molecule has 2 aromatic rings. The zero-order valence-corrected chi connectivity index (χ0v) is 14.6. The first kappa shape index (κ1) is 18.1. The van der Waals surface area contributed by atoms with Gasteiger partial charge in [-0.15, -0.1) is 0 Å². The number of carbonyl (C=O) groups excluding carboxylic acids is 1. The number of thiocarbonyl (C=S) groups is 1. The molecule has 0 spiro atoms. The van der Waals surface area contributed by atoms with Gasteiger partial charge in [0.1, 0.15) is 5.70 Å². The smallest absolute Gasteiger partial charge is 0.351 e. The molecule has 0 amide bonds. The van der Waals surface area contributed by atoms with Crippen LogP contribution in [0.25, 0.3) is 0 Å². The Morgan fingerprint density at radius 1 is 1.04 bits per heavy atom. The molecule has 3 rings (SSSR count). The quantitative estimate of drug-likeness (QED) is 0.798. The fraction of sp³-hybridized carbons (Fsp3) is 0.158. The predicted molar refractivity (Wildman–Crippen MR) is 97.6 cm³/mol. The lowest BCUT2D eigenvalue weighted by atomic mass is 9.91. The average Bonchev–Trinajstić information content (AvgIpc) is 2.61. The fourth-order valence-electron chi connectivity index (χ4n) is 2.99. The van der Waals surface area contributed by atoms with E-state index in [0.717, 1.165) is 11.8 Å². The summed E-state index contributed by atoms with van der Waals surface area (Å²) in [4.78, 5) is 13.1. The molecule has 1 heterocycles. The molecule has 134 valence electrons. The molecule has 0 saturated heterocycles. The monoisotopic (exact) mass is 376 g/mol. The van der Waals surface area contributed by atoms with Crippen LogP contribution in [-0.2, 0) is 4.79 Å². The van der Waals surface area contributed by atoms with E-state index >= 15 is 0 Å². The third-order valence-corrected chi connectivity index (χ3v) is 4.33. The number of ketones is 1. The molecule has 0 bridgehead atoms. The first-order valence-electron chi connectivity index (χ1n) is 7.83. The number of nitrogens with one attached hydrogen (secondary N) is 1. The van der Waals surface area contributed by atoms with Crippen molar-refractivity contribution in [3.63, 3.8) is 0 Å². The van der Waals surface area contributed by atoms with Crippen molar-refractivity contribution >= 4 is 28.8 Å². The van der Waals surface area contributed by atoms with Crippen LogP contribution in [0.2, 0.25) is 0 Å². The molecule has 3 nitrogen and oxygen atoms in total. The number of halogens is 3. The van der Waals surface area contributed by atoms with Gasteiger partial charge in [-0.3, -0.25) is 9.69 Å². The second-order valence-corrected chi connectivity index (χ2v) is 6.17. The Kier molecular flexibility index (Phi) is 4.82. The van der Waals surface area contributed by atoms with Gasteiger partial charge in [-0.1, -0.05) is 48.5 Å². The number of carbonyl (C=O) groups is 1. The summed E-state index contributed by atoms with van der Waals surface area (Å²) < 4.78 is 42.0. The number of hydrogen-bond donors (Lipinski definition) is 1. The molecular weight excluding hydrogens is 361 g/mol. The van der Waals surface area contributed by atoms with E-state index in [1.165, 1.54) is 12.1 Å². The highest BCUT2D eigenvalue weighted by molar-refractivity contribution is 7.80. The highest BCUT2D eigenvalue weighted by atomic mass is 32.1. The van der Waals surface area contributed by atoms with Crippen LogP contribution in [0.4, 0.5) is 18.9 Å². The van der Waals surface area contributed by atoms with E-state index in [1.54, 1.807) is 48.5 Å². The maximum absolute atomic E-state index is 14.0. The molecule has 0 radical (unpaired) electrons. The number of alkyl halides is 3. The van der Waals surface area contributed by atoms with Crippen LogP contribution in [-0.4, -0.2) is 17.1 Å². The Morgan fingerprint density at radius 2 is 1.58 bits per heavy atom. The first-order chi connectivity index (χ1) is 12.3. The Morgan fingerprint density at radius 3 is 2.08 bits per heavy atom. The van der Waals surface area contributed by atoms with Crippen molar-refractivity contribution in [3.8, 4) is 0 Å². The second kappa shape index (κ2) is 6.92. The molecule has 0 fully saturated rings. The van der Waals surface area contributed by atoms with Gasteiger partial charge in [-0.25, -0.2) is 0 Å². The van der Waals surface area contributed by atoms with Crippen molar-refractivity contribution in [1.29, 1.82) is 0 Å². The van der Waals surface area contributed by atoms with Gasteiger partial charge in [-0.2, -0.15) is 13.2 Å². The summed E-state index contributed by atoms with van der Waals surface area (Å²) in [5.74, 6) is -0.665. The Labute approximate surface area is 154 Å². The summed E-state index contributed by atoms with van der Waals surface area (Å²) >= 11 is 5.24. The van der Waals surface area contributed by atoms with Crippen LogP contribution in [0.5, 0.6) is 0 Å². The number of rotatable bonds is 3. The molecule has 0 aromatic heterocycles. The Balaban J connectivity index is 2.28. The lowest BCUT2D eigenvalue weighted by Gasteiger charge is -2.39. The number of para-hydroxylation sites is 1. The summed E-state index contributed by atoms with van der Waals surface area (Å²) in [5, 5.41) is 2.78. The molecule has 1 aliphatic heterocycles. The minimum atomic E-state index is -4.75. The van der Waals surface area contributed by atoms with Gasteiger partial charge in [-0.05, 0) is 36.8 Å². The minimum Gasteiger partial charge on any atom is -0.351 e. The molecule has 2 aromatic carbocycles. The fourth-order valence-corrected chi connectivity index (χ4v) is 3.30. The maximum Gasteiger partial charge on any atom is 0.432 e. The molecule has 1 atom stereocenters. The van der Waals surface area contributed by atoms with Crippen LogP contribution in [0.1, 0.15) is 18.5 Å². The topological polar surface area (TPSA) is 32.3 Å². The number of benzene rings is 2. The number of anilines is 1. The molecule has 7 heteroatoms. The molecule has 26 heavy (non-hydrogen) atoms. The van der Waals surface area contributed by atoms with Crippen LogP contribution in [0, 0.1) is 0 Å². The number of allylic oxidation sites excluding steroid dienone is 1. The van der Waals surface area contributed by atoms with Gasteiger partial charge in [0.25, 0.3) is 0 Å². The Bertz CT molecular complexity index is 863. The highest BCUT2D eigenvalue weighted by Gasteiger charge is 2.48. The molecule has 1 unspecified atom stereocenters. The first-order valence-corrected chi connectivity index (χ1v) is 8.24. The van der Waals surface area contributed by atoms with Crippen molar-refractivity contribution < 1.29 is 18.0 Å². The zero-order valence-electron chi connectivity index (χ0n) is 13.7. The predicted octanol–water partition coefficient (Wildman–Crippen LogP) is 4.53.